The second-order valence-electron chi connectivity index (χ2n) is 2.55. The molecule has 4 nitrogen and oxygen atoms in total. The van der Waals surface area contributed by atoms with Gasteiger partial charge in [-0.15, -0.1) is 0 Å². The van der Waals surface area contributed by atoms with Crippen molar-refractivity contribution in [2.45, 2.75) is 19.9 Å². The maximum absolute atomic E-state index is 10.2. The zero-order chi connectivity index (χ0) is 8.85. The third-order valence-electron chi connectivity index (χ3n) is 1.34. The van der Waals surface area contributed by atoms with Crippen molar-refractivity contribution in [1.29, 1.82) is 5.26 Å². The average Bonchev–Trinajstić information content (AvgIpc) is 1.86. The lowest BCUT2D eigenvalue weighted by Crippen LogP contribution is -2.35. The van der Waals surface area contributed by atoms with Crippen molar-refractivity contribution in [3.05, 3.63) is 0 Å². The van der Waals surface area contributed by atoms with E-state index in [0.717, 1.165) is 0 Å². The van der Waals surface area contributed by atoms with E-state index < -0.39 is 5.97 Å². The van der Waals surface area contributed by atoms with Crippen molar-refractivity contribution in [1.82, 2.24) is 4.90 Å². The molecule has 1 N–H and O–H groups in total. The number of nitriles is 1. The van der Waals surface area contributed by atoms with E-state index >= 15 is 0 Å². The highest BCUT2D eigenvalue weighted by molar-refractivity contribution is 5.69. The van der Waals surface area contributed by atoms with E-state index in [9.17, 15) is 4.79 Å². The van der Waals surface area contributed by atoms with Crippen LogP contribution in [0.3, 0.4) is 0 Å². The predicted molar refractivity (Wildman–Crippen MR) is 40.0 cm³/mol. The lowest BCUT2D eigenvalue weighted by atomic mass is 10.3. The van der Waals surface area contributed by atoms with Crippen LogP contribution in [0.15, 0.2) is 0 Å². The fourth-order valence-corrected chi connectivity index (χ4v) is 0.686. The Morgan fingerprint density at radius 2 is 2.27 bits per heavy atom. The summed E-state index contributed by atoms with van der Waals surface area (Å²) in [4.78, 5) is 11.8. The minimum Gasteiger partial charge on any atom is -0.480 e. The summed E-state index contributed by atoms with van der Waals surface area (Å²) in [5, 5.41) is 16.7. The summed E-state index contributed by atoms with van der Waals surface area (Å²) in [5.41, 5.74) is 0. The SMILES string of the molecule is CC(C)N(CC#N)CC(=O)O. The lowest BCUT2D eigenvalue weighted by molar-refractivity contribution is -0.138. The van der Waals surface area contributed by atoms with Crippen LogP contribution in [0.2, 0.25) is 0 Å². The van der Waals surface area contributed by atoms with Crippen LogP contribution in [-0.4, -0.2) is 35.1 Å². The third-order valence-corrected chi connectivity index (χ3v) is 1.34. The van der Waals surface area contributed by atoms with Crippen LogP contribution in [0.5, 0.6) is 0 Å². The standard InChI is InChI=1S/C7H12N2O2/c1-6(2)9(4-3-8)5-7(10)11/h6H,4-5H2,1-2H3,(H,10,11). The van der Waals surface area contributed by atoms with Crippen LogP contribution in [0, 0.1) is 11.3 Å². The molecule has 0 radical (unpaired) electrons. The minimum atomic E-state index is -0.894. The summed E-state index contributed by atoms with van der Waals surface area (Å²) in [6.45, 7) is 3.83. The summed E-state index contributed by atoms with van der Waals surface area (Å²) in [6.07, 6.45) is 0. The molecule has 4 heteroatoms. The van der Waals surface area contributed by atoms with Crippen molar-refractivity contribution in [3.63, 3.8) is 0 Å². The summed E-state index contributed by atoms with van der Waals surface area (Å²) >= 11 is 0. The molecule has 0 amide bonds. The van der Waals surface area contributed by atoms with Crippen molar-refractivity contribution in [2.75, 3.05) is 13.1 Å². The smallest absolute Gasteiger partial charge is 0.317 e. The molecule has 62 valence electrons. The topological polar surface area (TPSA) is 64.3 Å². The number of hydrogen-bond acceptors (Lipinski definition) is 3. The predicted octanol–water partition coefficient (Wildman–Crippen LogP) is 0.305. The molecule has 0 heterocycles. The Bertz CT molecular complexity index is 172. The first kappa shape index (κ1) is 9.92. The molecule has 11 heavy (non-hydrogen) atoms. The van der Waals surface area contributed by atoms with E-state index in [1.165, 1.54) is 0 Å². The molecule has 0 aliphatic carbocycles. The van der Waals surface area contributed by atoms with Gasteiger partial charge < -0.3 is 5.11 Å². The first-order chi connectivity index (χ1) is 5.07. The number of carbonyl (C=O) groups is 1. The molecule has 0 unspecified atom stereocenters. The summed E-state index contributed by atoms with van der Waals surface area (Å²) in [7, 11) is 0. The monoisotopic (exact) mass is 156 g/mol. The summed E-state index contributed by atoms with van der Waals surface area (Å²) in [5.74, 6) is -0.894. The minimum absolute atomic E-state index is 0.0643. The van der Waals surface area contributed by atoms with E-state index in [1.807, 2.05) is 19.9 Å². The van der Waals surface area contributed by atoms with Crippen molar-refractivity contribution in [3.8, 4) is 6.07 Å². The van der Waals surface area contributed by atoms with Crippen LogP contribution in [0.25, 0.3) is 0 Å². The first-order valence-electron chi connectivity index (χ1n) is 3.40. The molecular weight excluding hydrogens is 144 g/mol. The van der Waals surface area contributed by atoms with Gasteiger partial charge in [0.2, 0.25) is 0 Å². The Kier molecular flexibility index (Phi) is 4.23. The first-order valence-corrected chi connectivity index (χ1v) is 3.40. The van der Waals surface area contributed by atoms with Crippen molar-refractivity contribution >= 4 is 5.97 Å². The Balaban J connectivity index is 3.91. The molecule has 0 aliphatic rings. The van der Waals surface area contributed by atoms with Crippen LogP contribution < -0.4 is 0 Å². The Morgan fingerprint density at radius 1 is 1.73 bits per heavy atom. The number of carboxylic acids is 1. The average molecular weight is 156 g/mol. The molecule has 0 aromatic heterocycles. The van der Waals surface area contributed by atoms with Gasteiger partial charge in [0.15, 0.2) is 0 Å². The van der Waals surface area contributed by atoms with Gasteiger partial charge in [-0.3, -0.25) is 9.69 Å². The van der Waals surface area contributed by atoms with E-state index in [4.69, 9.17) is 10.4 Å². The second-order valence-corrected chi connectivity index (χ2v) is 2.55. The Labute approximate surface area is 66.0 Å². The molecule has 0 aromatic rings. The highest BCUT2D eigenvalue weighted by Crippen LogP contribution is 1.95. The molecule has 0 fully saturated rings. The Morgan fingerprint density at radius 3 is 2.55 bits per heavy atom. The highest BCUT2D eigenvalue weighted by atomic mass is 16.4. The van der Waals surface area contributed by atoms with Crippen LogP contribution >= 0.6 is 0 Å². The molecule has 0 aromatic carbocycles. The molecular formula is C7H12N2O2. The van der Waals surface area contributed by atoms with E-state index in [0.29, 0.717) is 0 Å². The van der Waals surface area contributed by atoms with Crippen LogP contribution in [-0.2, 0) is 4.79 Å². The van der Waals surface area contributed by atoms with Crippen LogP contribution in [0.1, 0.15) is 13.8 Å². The van der Waals surface area contributed by atoms with E-state index in [1.54, 1.807) is 4.90 Å². The molecule has 0 rings (SSSR count). The fourth-order valence-electron chi connectivity index (χ4n) is 0.686. The highest BCUT2D eigenvalue weighted by Gasteiger charge is 2.11. The van der Waals surface area contributed by atoms with Gasteiger partial charge in [-0.25, -0.2) is 0 Å². The largest absolute Gasteiger partial charge is 0.480 e. The van der Waals surface area contributed by atoms with Gasteiger partial charge in [-0.2, -0.15) is 5.26 Å². The molecule has 0 aliphatic heterocycles. The third kappa shape index (κ3) is 4.34. The molecule has 0 saturated carbocycles. The fraction of sp³-hybridized carbons (Fsp3) is 0.714. The molecule has 0 atom stereocenters. The molecule has 0 bridgehead atoms. The van der Waals surface area contributed by atoms with E-state index in [2.05, 4.69) is 0 Å². The maximum Gasteiger partial charge on any atom is 0.317 e. The van der Waals surface area contributed by atoms with E-state index in [-0.39, 0.29) is 19.1 Å². The quantitative estimate of drug-likeness (QED) is 0.595. The lowest BCUT2D eigenvalue weighted by Gasteiger charge is -2.20. The maximum atomic E-state index is 10.2. The summed E-state index contributed by atoms with van der Waals surface area (Å²) in [6, 6.07) is 2.02. The van der Waals surface area contributed by atoms with Gasteiger partial charge in [0.25, 0.3) is 0 Å². The van der Waals surface area contributed by atoms with Gasteiger partial charge in [0.05, 0.1) is 19.2 Å². The summed E-state index contributed by atoms with van der Waals surface area (Å²) < 4.78 is 0. The normalized spacial score (nSPS) is 10.1. The second kappa shape index (κ2) is 4.69. The number of aliphatic carboxylic acids is 1. The van der Waals surface area contributed by atoms with Crippen molar-refractivity contribution in [2.24, 2.45) is 0 Å². The van der Waals surface area contributed by atoms with Gasteiger partial charge in [0.1, 0.15) is 0 Å². The van der Waals surface area contributed by atoms with Crippen LogP contribution in [0.4, 0.5) is 0 Å². The number of rotatable bonds is 4. The number of carboxylic acid groups (broad SMARTS) is 1. The Hall–Kier alpha value is -1.08. The zero-order valence-corrected chi connectivity index (χ0v) is 6.74. The van der Waals surface area contributed by atoms with Gasteiger partial charge in [-0.1, -0.05) is 0 Å². The molecule has 0 spiro atoms. The van der Waals surface area contributed by atoms with Gasteiger partial charge in [0, 0.05) is 6.04 Å². The number of nitrogens with zero attached hydrogens (tertiary/aromatic N) is 2. The number of hydrogen-bond donors (Lipinski definition) is 1. The zero-order valence-electron chi connectivity index (χ0n) is 6.74. The van der Waals surface area contributed by atoms with Gasteiger partial charge >= 0.3 is 5.97 Å². The van der Waals surface area contributed by atoms with Crippen molar-refractivity contribution < 1.29 is 9.90 Å². The molecule has 0 saturated heterocycles. The van der Waals surface area contributed by atoms with Gasteiger partial charge in [-0.05, 0) is 13.8 Å².